The van der Waals surface area contributed by atoms with Crippen molar-refractivity contribution in [2.45, 2.75) is 32.0 Å². The number of benzene rings is 1. The number of nitrogens with two attached hydrogens (primary N) is 1. The maximum atomic E-state index is 11.9. The molecular formula is C13H18ClN3O2. The van der Waals surface area contributed by atoms with Gasteiger partial charge in [0.2, 0.25) is 11.8 Å². The third-order valence-corrected chi connectivity index (χ3v) is 3.04. The summed E-state index contributed by atoms with van der Waals surface area (Å²) in [4.78, 5) is 23.4. The molecule has 1 heterocycles. The van der Waals surface area contributed by atoms with Crippen LogP contribution in [0.4, 0.5) is 0 Å². The summed E-state index contributed by atoms with van der Waals surface area (Å²) in [6, 6.07) is 6.65. The van der Waals surface area contributed by atoms with Gasteiger partial charge in [-0.1, -0.05) is 24.3 Å². The van der Waals surface area contributed by atoms with Crippen LogP contribution >= 0.6 is 12.4 Å². The normalized spacial score (nSPS) is 19.3. The molecule has 2 rings (SSSR count). The maximum absolute atomic E-state index is 11.9. The third kappa shape index (κ3) is 3.68. The van der Waals surface area contributed by atoms with Crippen LogP contribution in [0.5, 0.6) is 0 Å². The van der Waals surface area contributed by atoms with Crippen molar-refractivity contribution in [1.29, 1.82) is 0 Å². The van der Waals surface area contributed by atoms with Gasteiger partial charge in [0, 0.05) is 13.0 Å². The highest BCUT2D eigenvalue weighted by molar-refractivity contribution is 5.90. The second-order valence-electron chi connectivity index (χ2n) is 4.54. The van der Waals surface area contributed by atoms with Crippen molar-refractivity contribution in [2.24, 2.45) is 5.73 Å². The SMILES string of the molecule is CC(N)C(=O)N[C@H]1Cc2ccccc2CNC1=O.Cl. The molecule has 0 spiro atoms. The monoisotopic (exact) mass is 283 g/mol. The van der Waals surface area contributed by atoms with Gasteiger partial charge in [0.15, 0.2) is 0 Å². The first kappa shape index (κ1) is 15.5. The van der Waals surface area contributed by atoms with Crippen LogP contribution < -0.4 is 16.4 Å². The van der Waals surface area contributed by atoms with Crippen molar-refractivity contribution < 1.29 is 9.59 Å². The van der Waals surface area contributed by atoms with Gasteiger partial charge in [-0.3, -0.25) is 9.59 Å². The van der Waals surface area contributed by atoms with Crippen LogP contribution in [0.3, 0.4) is 0 Å². The topological polar surface area (TPSA) is 84.2 Å². The first-order valence-corrected chi connectivity index (χ1v) is 5.98. The van der Waals surface area contributed by atoms with E-state index >= 15 is 0 Å². The lowest BCUT2D eigenvalue weighted by molar-refractivity contribution is -0.129. The van der Waals surface area contributed by atoms with E-state index in [1.807, 2.05) is 24.3 Å². The fourth-order valence-electron chi connectivity index (χ4n) is 1.97. The second-order valence-corrected chi connectivity index (χ2v) is 4.54. The summed E-state index contributed by atoms with van der Waals surface area (Å²) in [6.45, 7) is 2.09. The molecule has 1 aromatic rings. The highest BCUT2D eigenvalue weighted by Gasteiger charge is 2.25. The molecule has 6 heteroatoms. The van der Waals surface area contributed by atoms with Gasteiger partial charge in [-0.2, -0.15) is 0 Å². The molecular weight excluding hydrogens is 266 g/mol. The Morgan fingerprint density at radius 3 is 2.68 bits per heavy atom. The van der Waals surface area contributed by atoms with Crippen LogP contribution in [-0.2, 0) is 22.6 Å². The summed E-state index contributed by atoms with van der Waals surface area (Å²) in [6.07, 6.45) is 0.500. The zero-order chi connectivity index (χ0) is 13.1. The Hall–Kier alpha value is -1.59. The molecule has 104 valence electrons. The minimum absolute atomic E-state index is 0. The van der Waals surface area contributed by atoms with Gasteiger partial charge in [-0.15, -0.1) is 12.4 Å². The summed E-state index contributed by atoms with van der Waals surface area (Å²) in [5.41, 5.74) is 7.65. The van der Waals surface area contributed by atoms with E-state index in [4.69, 9.17) is 5.73 Å². The summed E-state index contributed by atoms with van der Waals surface area (Å²) >= 11 is 0. The van der Waals surface area contributed by atoms with Crippen LogP contribution in [0.25, 0.3) is 0 Å². The highest BCUT2D eigenvalue weighted by Crippen LogP contribution is 2.14. The second kappa shape index (κ2) is 6.54. The first-order valence-electron chi connectivity index (χ1n) is 5.98. The Morgan fingerprint density at radius 2 is 2.05 bits per heavy atom. The lowest BCUT2D eigenvalue weighted by Gasteiger charge is -2.17. The summed E-state index contributed by atoms with van der Waals surface area (Å²) in [5, 5.41) is 5.47. The van der Waals surface area contributed by atoms with Gasteiger partial charge < -0.3 is 16.4 Å². The van der Waals surface area contributed by atoms with E-state index in [-0.39, 0.29) is 24.2 Å². The number of hydrogen-bond donors (Lipinski definition) is 3. The summed E-state index contributed by atoms with van der Waals surface area (Å²) in [5.74, 6) is -0.477. The van der Waals surface area contributed by atoms with E-state index < -0.39 is 12.1 Å². The molecule has 5 nitrogen and oxygen atoms in total. The Kier molecular flexibility index (Phi) is 5.32. The fourth-order valence-corrected chi connectivity index (χ4v) is 1.97. The molecule has 0 saturated heterocycles. The Balaban J connectivity index is 0.00000180. The fraction of sp³-hybridized carbons (Fsp3) is 0.385. The summed E-state index contributed by atoms with van der Waals surface area (Å²) in [7, 11) is 0. The first-order chi connectivity index (χ1) is 8.58. The van der Waals surface area contributed by atoms with Crippen molar-refractivity contribution in [1.82, 2.24) is 10.6 Å². The molecule has 1 unspecified atom stereocenters. The van der Waals surface area contributed by atoms with Gasteiger partial charge in [-0.25, -0.2) is 0 Å². The molecule has 0 radical (unpaired) electrons. The molecule has 0 aromatic heterocycles. The van der Waals surface area contributed by atoms with Gasteiger partial charge in [0.05, 0.1) is 6.04 Å². The minimum Gasteiger partial charge on any atom is -0.350 e. The predicted octanol–water partition coefficient (Wildman–Crippen LogP) is 0.113. The van der Waals surface area contributed by atoms with Gasteiger partial charge in [-0.05, 0) is 18.1 Å². The average Bonchev–Trinajstić information content (AvgIpc) is 2.50. The number of carbonyl (C=O) groups excluding carboxylic acids is 2. The van der Waals surface area contributed by atoms with Crippen molar-refractivity contribution in [3.05, 3.63) is 35.4 Å². The van der Waals surface area contributed by atoms with E-state index in [0.29, 0.717) is 13.0 Å². The quantitative estimate of drug-likeness (QED) is 0.720. The van der Waals surface area contributed by atoms with Crippen molar-refractivity contribution in [2.75, 3.05) is 0 Å². The molecule has 2 amide bonds. The Morgan fingerprint density at radius 1 is 1.42 bits per heavy atom. The maximum Gasteiger partial charge on any atom is 0.243 e. The van der Waals surface area contributed by atoms with E-state index in [1.54, 1.807) is 6.92 Å². The largest absolute Gasteiger partial charge is 0.350 e. The van der Waals surface area contributed by atoms with E-state index in [1.165, 1.54) is 0 Å². The Labute approximate surface area is 118 Å². The number of fused-ring (bicyclic) bond motifs is 1. The molecule has 1 aliphatic rings. The molecule has 0 fully saturated rings. The van der Waals surface area contributed by atoms with Crippen LogP contribution in [0, 0.1) is 0 Å². The molecule has 1 aliphatic heterocycles. The minimum atomic E-state index is -0.615. The van der Waals surface area contributed by atoms with E-state index in [2.05, 4.69) is 10.6 Å². The summed E-state index contributed by atoms with van der Waals surface area (Å²) < 4.78 is 0. The smallest absolute Gasteiger partial charge is 0.243 e. The molecule has 0 aliphatic carbocycles. The lowest BCUT2D eigenvalue weighted by Crippen LogP contribution is -2.50. The van der Waals surface area contributed by atoms with E-state index in [9.17, 15) is 9.59 Å². The number of carbonyl (C=O) groups is 2. The number of rotatable bonds is 2. The molecule has 1 aromatic carbocycles. The average molecular weight is 284 g/mol. The Bertz CT molecular complexity index is 477. The highest BCUT2D eigenvalue weighted by atomic mass is 35.5. The lowest BCUT2D eigenvalue weighted by atomic mass is 10.0. The van der Waals surface area contributed by atoms with Gasteiger partial charge in [0.25, 0.3) is 0 Å². The van der Waals surface area contributed by atoms with Crippen molar-refractivity contribution >= 4 is 24.2 Å². The van der Waals surface area contributed by atoms with Gasteiger partial charge >= 0.3 is 0 Å². The van der Waals surface area contributed by atoms with Crippen molar-refractivity contribution in [3.8, 4) is 0 Å². The standard InChI is InChI=1S/C13H17N3O2.ClH/c1-8(14)12(17)16-11-6-9-4-2-3-5-10(9)7-15-13(11)18;/h2-5,8,11H,6-7,14H2,1H3,(H,15,18)(H,16,17);1H/t8?,11-;/m0./s1. The number of nitrogens with one attached hydrogen (secondary N) is 2. The van der Waals surface area contributed by atoms with Crippen LogP contribution in [-0.4, -0.2) is 23.9 Å². The number of halogens is 1. The molecule has 0 saturated carbocycles. The van der Waals surface area contributed by atoms with Gasteiger partial charge in [0.1, 0.15) is 6.04 Å². The molecule has 2 atom stereocenters. The van der Waals surface area contributed by atoms with Crippen LogP contribution in [0.1, 0.15) is 18.1 Å². The predicted molar refractivity (Wildman–Crippen MR) is 74.8 cm³/mol. The van der Waals surface area contributed by atoms with Crippen LogP contribution in [0.15, 0.2) is 24.3 Å². The zero-order valence-electron chi connectivity index (χ0n) is 10.7. The van der Waals surface area contributed by atoms with E-state index in [0.717, 1.165) is 11.1 Å². The molecule has 19 heavy (non-hydrogen) atoms. The zero-order valence-corrected chi connectivity index (χ0v) is 11.5. The van der Waals surface area contributed by atoms with Crippen molar-refractivity contribution in [3.63, 3.8) is 0 Å². The third-order valence-electron chi connectivity index (χ3n) is 3.04. The number of hydrogen-bond acceptors (Lipinski definition) is 3. The molecule has 0 bridgehead atoms. The van der Waals surface area contributed by atoms with Crippen LogP contribution in [0.2, 0.25) is 0 Å². The number of amides is 2. The molecule has 4 N–H and O–H groups in total.